The molecule has 0 aromatic carbocycles. The average molecular weight is 580 g/mol. The van der Waals surface area contributed by atoms with E-state index in [9.17, 15) is 54.0 Å². The minimum Gasteiger partial charge on any atom is -0.756 e. The molecule has 0 spiro atoms. The second-order valence-electron chi connectivity index (χ2n) is 7.19. The minimum absolute atomic E-state index is 0. The zero-order valence-corrected chi connectivity index (χ0v) is 24.5. The largest absolute Gasteiger partial charge is 1.00 e. The molecule has 1 aromatic rings. The Morgan fingerprint density at radius 1 is 1.03 bits per heavy atom. The van der Waals surface area contributed by atoms with E-state index < -0.39 is 89.2 Å². The van der Waals surface area contributed by atoms with Crippen LogP contribution in [0, 0.1) is 0 Å². The van der Waals surface area contributed by atoms with Crippen LogP contribution in [0.1, 0.15) is 6.23 Å². The molecule has 2 aliphatic heterocycles. The number of nitrogens with zero attached hydrogens (tertiary/aromatic N) is 1. The van der Waals surface area contributed by atoms with Crippen molar-refractivity contribution in [3.63, 3.8) is 0 Å². The Balaban J connectivity index is 0.00000324. The van der Waals surface area contributed by atoms with E-state index in [2.05, 4.69) is 18.1 Å². The van der Waals surface area contributed by atoms with Gasteiger partial charge in [-0.05, 0) is 0 Å². The number of rotatable bonds is 8. The first-order valence-electron chi connectivity index (χ1n) is 9.36. The van der Waals surface area contributed by atoms with E-state index >= 15 is 0 Å². The maximum absolute atomic E-state index is 11.9. The van der Waals surface area contributed by atoms with Crippen LogP contribution in [-0.2, 0) is 32.0 Å². The molecular weight excluding hydrogens is 560 g/mol. The topological polar surface area (TPSA) is 282 Å². The van der Waals surface area contributed by atoms with Gasteiger partial charge in [0.25, 0.3) is 21.2 Å². The summed E-state index contributed by atoms with van der Waals surface area (Å²) in [6.45, 7) is -1.73. The van der Waals surface area contributed by atoms with Crippen molar-refractivity contribution in [1.29, 1.82) is 0 Å². The van der Waals surface area contributed by atoms with Gasteiger partial charge in [0, 0.05) is 12.3 Å². The molecule has 0 radical (unpaired) electrons. The molecule has 10 atom stereocenters. The van der Waals surface area contributed by atoms with Crippen LogP contribution in [0.3, 0.4) is 0 Å². The fourth-order valence-electron chi connectivity index (χ4n) is 3.05. The molecule has 22 heteroatoms. The molecule has 0 amide bonds. The van der Waals surface area contributed by atoms with Crippen molar-refractivity contribution in [2.75, 3.05) is 13.2 Å². The number of hydrogen-bond acceptors (Lipinski definition) is 16. The first-order chi connectivity index (χ1) is 15.7. The second kappa shape index (κ2) is 13.8. The molecule has 6 N–H and O–H groups in total. The summed E-state index contributed by atoms with van der Waals surface area (Å²) in [5.74, 6) is 0. The van der Waals surface area contributed by atoms with Crippen molar-refractivity contribution in [2.45, 2.75) is 49.1 Å². The van der Waals surface area contributed by atoms with Crippen molar-refractivity contribution in [3.8, 4) is 0 Å². The van der Waals surface area contributed by atoms with E-state index in [1.54, 1.807) is 0 Å². The Morgan fingerprint density at radius 2 is 1.67 bits per heavy atom. The fraction of sp³-hybridized carbons (Fsp3) is 0.714. The molecule has 2 aliphatic rings. The molecular formula is C14H20N2Na2O16P2. The number of hydrogen-bond donors (Lipinski definition) is 6. The van der Waals surface area contributed by atoms with Crippen LogP contribution >= 0.6 is 15.6 Å². The molecule has 36 heavy (non-hydrogen) atoms. The third-order valence-corrected chi connectivity index (χ3v) is 7.28. The predicted molar refractivity (Wildman–Crippen MR) is 98.3 cm³/mol. The van der Waals surface area contributed by atoms with Crippen LogP contribution in [-0.4, -0.2) is 91.2 Å². The van der Waals surface area contributed by atoms with Crippen molar-refractivity contribution < 1.29 is 126 Å². The van der Waals surface area contributed by atoms with Gasteiger partial charge in [0.05, 0.1) is 13.2 Å². The van der Waals surface area contributed by atoms with Crippen molar-refractivity contribution in [2.24, 2.45) is 0 Å². The van der Waals surface area contributed by atoms with Crippen LogP contribution in [0.2, 0.25) is 0 Å². The van der Waals surface area contributed by atoms with Crippen molar-refractivity contribution >= 4 is 15.6 Å². The Hall–Kier alpha value is 0.660. The van der Waals surface area contributed by atoms with Gasteiger partial charge in [-0.3, -0.25) is 28.0 Å². The van der Waals surface area contributed by atoms with Crippen LogP contribution < -0.4 is 80.2 Å². The minimum atomic E-state index is -5.79. The number of ether oxygens (including phenoxy) is 2. The third-order valence-electron chi connectivity index (χ3n) is 4.75. The molecule has 2 fully saturated rings. The number of phosphoric ester groups is 2. The van der Waals surface area contributed by atoms with Crippen LogP contribution in [0.4, 0.5) is 0 Å². The van der Waals surface area contributed by atoms with E-state index in [0.29, 0.717) is 4.57 Å². The van der Waals surface area contributed by atoms with Gasteiger partial charge in [0.2, 0.25) is 0 Å². The number of aliphatic hydroxyl groups excluding tert-OH is 5. The molecule has 18 nitrogen and oxygen atoms in total. The summed E-state index contributed by atoms with van der Waals surface area (Å²) in [7, 11) is -11.5. The molecule has 1 aromatic heterocycles. The van der Waals surface area contributed by atoms with Gasteiger partial charge in [-0.2, -0.15) is 0 Å². The van der Waals surface area contributed by atoms with Crippen molar-refractivity contribution in [3.05, 3.63) is 33.1 Å². The van der Waals surface area contributed by atoms with Crippen LogP contribution in [0.15, 0.2) is 21.9 Å². The number of H-pyrrole nitrogens is 1. The molecule has 0 saturated carbocycles. The Bertz CT molecular complexity index is 1090. The summed E-state index contributed by atoms with van der Waals surface area (Å²) in [4.78, 5) is 48.7. The summed E-state index contributed by atoms with van der Waals surface area (Å²) >= 11 is 0. The van der Waals surface area contributed by atoms with Gasteiger partial charge < -0.3 is 49.3 Å². The van der Waals surface area contributed by atoms with Gasteiger partial charge in [-0.15, -0.1) is 0 Å². The Morgan fingerprint density at radius 3 is 2.28 bits per heavy atom. The first-order valence-corrected chi connectivity index (χ1v) is 12.3. The molecule has 3 heterocycles. The number of nitrogens with one attached hydrogen (secondary N) is 1. The van der Waals surface area contributed by atoms with E-state index in [4.69, 9.17) is 4.74 Å². The number of aromatic nitrogens is 2. The van der Waals surface area contributed by atoms with Gasteiger partial charge in [-0.1, -0.05) is 0 Å². The molecule has 0 bridgehead atoms. The maximum Gasteiger partial charge on any atom is 1.00 e. The number of phosphoric acid groups is 2. The van der Waals surface area contributed by atoms with Crippen LogP contribution in [0.25, 0.3) is 0 Å². The molecule has 194 valence electrons. The normalized spacial score (nSPS) is 35.6. The monoisotopic (exact) mass is 580 g/mol. The summed E-state index contributed by atoms with van der Waals surface area (Å²) in [5.41, 5.74) is -1.75. The summed E-state index contributed by atoms with van der Waals surface area (Å²) < 4.78 is 46.8. The molecule has 3 rings (SSSR count). The Labute approximate surface area is 245 Å². The number of aliphatic hydroxyl groups is 5. The Kier molecular flexibility index (Phi) is 13.3. The zero-order chi connectivity index (χ0) is 25.4. The summed E-state index contributed by atoms with van der Waals surface area (Å²) in [6, 6.07) is 0.922. The smallest absolute Gasteiger partial charge is 0.756 e. The van der Waals surface area contributed by atoms with E-state index in [1.807, 2.05) is 4.98 Å². The predicted octanol–water partition coefficient (Wildman–Crippen LogP) is -11.4. The van der Waals surface area contributed by atoms with Gasteiger partial charge in [0.15, 0.2) is 12.5 Å². The zero-order valence-electron chi connectivity index (χ0n) is 18.8. The quantitative estimate of drug-likeness (QED) is 0.123. The van der Waals surface area contributed by atoms with Gasteiger partial charge in [0.1, 0.15) is 36.6 Å². The second-order valence-corrected chi connectivity index (χ2v) is 10.1. The molecule has 0 aliphatic carbocycles. The molecule has 2 saturated heterocycles. The standard InChI is InChI=1S/C14H22N2O16P2.2Na/c17-5-3-28-13(11(22)8(5)19)31-34(26,27)32-33(24,25)29-4-6-9(20)10(21)12(30-6)16-2-1-7(18)15-14(16)23;;/h1-2,5-6,8-13,17,19-22H,3-4H2,(H,24,25)(H,26,27)(H,15,18,23);;/q;2*+1/p-2. The van der Waals surface area contributed by atoms with Gasteiger partial charge in [-0.25, -0.2) is 9.11 Å². The maximum atomic E-state index is 11.9. The SMILES string of the molecule is O=c1ccn(C2OC(COP(=O)([O-])OP(=O)([O-])OC3OCC(O)C(O)C3O)C(O)C2O)c(=O)[nH]1.[Na+].[Na+]. The third kappa shape index (κ3) is 8.58. The van der Waals surface area contributed by atoms with Gasteiger partial charge >= 0.3 is 64.8 Å². The average Bonchev–Trinajstić information content (AvgIpc) is 3.00. The van der Waals surface area contributed by atoms with E-state index in [0.717, 1.165) is 12.3 Å². The fourth-order valence-corrected chi connectivity index (χ4v) is 5.15. The first kappa shape index (κ1) is 34.7. The molecule has 10 unspecified atom stereocenters. The van der Waals surface area contributed by atoms with Crippen LogP contribution in [0.5, 0.6) is 0 Å². The van der Waals surface area contributed by atoms with E-state index in [1.165, 1.54) is 0 Å². The summed E-state index contributed by atoms with van der Waals surface area (Å²) in [6.07, 6.45) is -13.4. The summed E-state index contributed by atoms with van der Waals surface area (Å²) in [5, 5.41) is 48.6. The number of aromatic amines is 1. The van der Waals surface area contributed by atoms with E-state index in [-0.39, 0.29) is 59.1 Å². The van der Waals surface area contributed by atoms with Crippen molar-refractivity contribution in [1.82, 2.24) is 9.55 Å².